The molecule has 1 aromatic carbocycles. The van der Waals surface area contributed by atoms with Crippen molar-refractivity contribution >= 4 is 23.2 Å². The average molecular weight is 393 g/mol. The lowest BCUT2D eigenvalue weighted by atomic mass is 10.2. The van der Waals surface area contributed by atoms with Gasteiger partial charge < -0.3 is 19.9 Å². The van der Waals surface area contributed by atoms with Gasteiger partial charge in [-0.3, -0.25) is 4.79 Å². The summed E-state index contributed by atoms with van der Waals surface area (Å²) >= 11 is 1.64. The van der Waals surface area contributed by atoms with Crippen molar-refractivity contribution in [1.29, 1.82) is 0 Å². The number of aliphatic imine (C=N–C) groups is 1. The molecule has 0 fully saturated rings. The average Bonchev–Trinajstić information content (AvgIpc) is 3.15. The van der Waals surface area contributed by atoms with Crippen LogP contribution in [0.1, 0.15) is 10.4 Å². The fourth-order valence-electron chi connectivity index (χ4n) is 2.33. The van der Waals surface area contributed by atoms with Crippen LogP contribution in [0.4, 0.5) is 4.39 Å². The first-order valence-electron chi connectivity index (χ1n) is 8.45. The molecule has 0 unspecified atom stereocenters. The molecule has 2 rings (SSSR count). The van der Waals surface area contributed by atoms with Crippen molar-refractivity contribution in [2.45, 2.75) is 13.1 Å². The van der Waals surface area contributed by atoms with Gasteiger partial charge in [-0.15, -0.1) is 11.3 Å². The van der Waals surface area contributed by atoms with Crippen LogP contribution in [0.3, 0.4) is 0 Å². The minimum Gasteiger partial charge on any atom is -0.494 e. The third kappa shape index (κ3) is 6.25. The third-order valence-corrected chi connectivity index (χ3v) is 4.74. The Bertz CT molecular complexity index is 778. The van der Waals surface area contributed by atoms with Crippen LogP contribution < -0.4 is 10.1 Å². The molecule has 27 heavy (non-hydrogen) atoms. The summed E-state index contributed by atoms with van der Waals surface area (Å²) < 4.78 is 18.9. The van der Waals surface area contributed by atoms with E-state index in [9.17, 15) is 9.18 Å². The van der Waals surface area contributed by atoms with Gasteiger partial charge in [0, 0.05) is 32.6 Å². The van der Waals surface area contributed by atoms with E-state index >= 15 is 0 Å². The number of thiophene rings is 1. The molecule has 8 heteroatoms. The maximum absolute atomic E-state index is 13.9. The summed E-state index contributed by atoms with van der Waals surface area (Å²) in [7, 11) is 6.68. The standard InChI is InChI=1S/C19H25FN4O2S/c1-23(2)18(25)12-22-19(21-11-15-6-5-9-27-15)24(3)13-14-7-8-17(26-4)16(20)10-14/h5-10H,11-13H2,1-4H3,(H,21,22). The Morgan fingerprint density at radius 3 is 2.67 bits per heavy atom. The topological polar surface area (TPSA) is 57.2 Å². The van der Waals surface area contributed by atoms with Crippen LogP contribution in [0.15, 0.2) is 40.7 Å². The Hall–Kier alpha value is -2.61. The van der Waals surface area contributed by atoms with Crippen molar-refractivity contribution in [3.8, 4) is 5.75 Å². The molecule has 0 atom stereocenters. The zero-order valence-electron chi connectivity index (χ0n) is 16.0. The van der Waals surface area contributed by atoms with Gasteiger partial charge in [-0.25, -0.2) is 9.38 Å². The second-order valence-electron chi connectivity index (χ2n) is 6.19. The van der Waals surface area contributed by atoms with E-state index < -0.39 is 5.82 Å². The van der Waals surface area contributed by atoms with Gasteiger partial charge in [0.15, 0.2) is 17.5 Å². The van der Waals surface area contributed by atoms with E-state index in [1.54, 1.807) is 37.6 Å². The second kappa shape index (κ2) is 9.91. The molecule has 0 saturated heterocycles. The van der Waals surface area contributed by atoms with Crippen LogP contribution in [0.25, 0.3) is 0 Å². The second-order valence-corrected chi connectivity index (χ2v) is 7.22. The number of methoxy groups -OCH3 is 1. The molecule has 1 N–H and O–H groups in total. The summed E-state index contributed by atoms with van der Waals surface area (Å²) in [6.07, 6.45) is 0. The van der Waals surface area contributed by atoms with Crippen molar-refractivity contribution < 1.29 is 13.9 Å². The number of guanidine groups is 1. The zero-order chi connectivity index (χ0) is 19.8. The number of ether oxygens (including phenoxy) is 1. The number of amides is 1. The Kier molecular flexibility index (Phi) is 7.60. The molecule has 1 aromatic heterocycles. The van der Waals surface area contributed by atoms with E-state index in [4.69, 9.17) is 4.74 Å². The highest BCUT2D eigenvalue weighted by Crippen LogP contribution is 2.18. The van der Waals surface area contributed by atoms with Crippen molar-refractivity contribution in [3.63, 3.8) is 0 Å². The molecule has 0 aliphatic rings. The van der Waals surface area contributed by atoms with E-state index in [1.165, 1.54) is 18.1 Å². The van der Waals surface area contributed by atoms with E-state index in [0.717, 1.165) is 10.4 Å². The molecule has 0 aliphatic carbocycles. The lowest BCUT2D eigenvalue weighted by Crippen LogP contribution is -2.39. The van der Waals surface area contributed by atoms with Gasteiger partial charge in [0.1, 0.15) is 6.54 Å². The van der Waals surface area contributed by atoms with Crippen LogP contribution in [-0.2, 0) is 17.9 Å². The van der Waals surface area contributed by atoms with Gasteiger partial charge in [-0.05, 0) is 29.1 Å². The SMILES string of the molecule is COc1ccc(CN(C)C(=NCC(=O)N(C)C)NCc2cccs2)cc1F. The normalized spacial score (nSPS) is 11.2. The summed E-state index contributed by atoms with van der Waals surface area (Å²) in [6.45, 7) is 1.09. The summed E-state index contributed by atoms with van der Waals surface area (Å²) in [4.78, 5) is 20.8. The van der Waals surface area contributed by atoms with Gasteiger partial charge in [-0.2, -0.15) is 0 Å². The molecule has 146 valence electrons. The Balaban J connectivity index is 2.10. The minimum absolute atomic E-state index is 0.0427. The number of nitrogens with zero attached hydrogens (tertiary/aromatic N) is 3. The third-order valence-electron chi connectivity index (χ3n) is 3.86. The summed E-state index contributed by atoms with van der Waals surface area (Å²) in [6, 6.07) is 8.86. The van der Waals surface area contributed by atoms with Crippen LogP contribution in [0.5, 0.6) is 5.75 Å². The highest BCUT2D eigenvalue weighted by atomic mass is 32.1. The van der Waals surface area contributed by atoms with Crippen molar-refractivity contribution in [2.24, 2.45) is 4.99 Å². The molecule has 0 spiro atoms. The molecular weight excluding hydrogens is 367 g/mol. The van der Waals surface area contributed by atoms with Gasteiger partial charge in [0.05, 0.1) is 13.7 Å². The number of carbonyl (C=O) groups is 1. The zero-order valence-corrected chi connectivity index (χ0v) is 16.8. The molecule has 0 radical (unpaired) electrons. The highest BCUT2D eigenvalue weighted by Gasteiger charge is 2.11. The summed E-state index contributed by atoms with van der Waals surface area (Å²) in [5.74, 6) is 0.294. The van der Waals surface area contributed by atoms with Gasteiger partial charge in [0.25, 0.3) is 0 Å². The quantitative estimate of drug-likeness (QED) is 0.581. The predicted octanol–water partition coefficient (Wildman–Crippen LogP) is 2.56. The van der Waals surface area contributed by atoms with Gasteiger partial charge >= 0.3 is 0 Å². The number of hydrogen-bond acceptors (Lipinski definition) is 4. The van der Waals surface area contributed by atoms with Crippen LogP contribution in [0.2, 0.25) is 0 Å². The molecule has 1 heterocycles. The minimum atomic E-state index is -0.406. The van der Waals surface area contributed by atoms with E-state index in [0.29, 0.717) is 19.0 Å². The molecule has 0 saturated carbocycles. The number of carbonyl (C=O) groups excluding carboxylic acids is 1. The number of likely N-dealkylation sites (N-methyl/N-ethyl adjacent to an activating group) is 1. The van der Waals surface area contributed by atoms with Crippen molar-refractivity contribution in [1.82, 2.24) is 15.1 Å². The number of hydrogen-bond donors (Lipinski definition) is 1. The molecule has 2 aromatic rings. The fourth-order valence-corrected chi connectivity index (χ4v) is 2.98. The lowest BCUT2D eigenvalue weighted by Gasteiger charge is -2.23. The first-order chi connectivity index (χ1) is 12.9. The Labute approximate surface area is 163 Å². The van der Waals surface area contributed by atoms with E-state index in [1.807, 2.05) is 29.5 Å². The van der Waals surface area contributed by atoms with Gasteiger partial charge in [-0.1, -0.05) is 12.1 Å². The molecule has 1 amide bonds. The number of halogens is 1. The first-order valence-corrected chi connectivity index (χ1v) is 9.33. The van der Waals surface area contributed by atoms with E-state index in [-0.39, 0.29) is 18.2 Å². The van der Waals surface area contributed by atoms with E-state index in [2.05, 4.69) is 10.3 Å². The molecule has 6 nitrogen and oxygen atoms in total. The smallest absolute Gasteiger partial charge is 0.243 e. The van der Waals surface area contributed by atoms with Crippen LogP contribution in [0, 0.1) is 5.82 Å². The summed E-state index contributed by atoms with van der Waals surface area (Å²) in [5.41, 5.74) is 0.778. The van der Waals surface area contributed by atoms with Crippen LogP contribution >= 0.6 is 11.3 Å². The molecule has 0 bridgehead atoms. The van der Waals surface area contributed by atoms with Crippen molar-refractivity contribution in [2.75, 3.05) is 34.8 Å². The number of benzene rings is 1. The van der Waals surface area contributed by atoms with Gasteiger partial charge in [0.2, 0.25) is 5.91 Å². The largest absolute Gasteiger partial charge is 0.494 e. The maximum atomic E-state index is 13.9. The van der Waals surface area contributed by atoms with Crippen molar-refractivity contribution in [3.05, 3.63) is 52.0 Å². The molecule has 0 aliphatic heterocycles. The lowest BCUT2D eigenvalue weighted by molar-refractivity contribution is -0.127. The first kappa shape index (κ1) is 20.7. The maximum Gasteiger partial charge on any atom is 0.243 e. The highest BCUT2D eigenvalue weighted by molar-refractivity contribution is 7.09. The molecular formula is C19H25FN4O2S. The number of rotatable bonds is 7. The monoisotopic (exact) mass is 392 g/mol. The predicted molar refractivity (Wildman–Crippen MR) is 107 cm³/mol. The Morgan fingerprint density at radius 1 is 1.30 bits per heavy atom. The summed E-state index contributed by atoms with van der Waals surface area (Å²) in [5, 5.41) is 5.28. The fraction of sp³-hybridized carbons (Fsp3) is 0.368. The van der Waals surface area contributed by atoms with Crippen LogP contribution in [-0.4, -0.2) is 56.5 Å². The Morgan fingerprint density at radius 2 is 2.07 bits per heavy atom. The number of nitrogens with one attached hydrogen (secondary N) is 1.